The molecule has 0 aliphatic heterocycles. The van der Waals surface area contributed by atoms with E-state index in [1.165, 1.54) is 17.0 Å². The fourth-order valence-corrected chi connectivity index (χ4v) is 1.52. The average molecular weight is 250 g/mol. The first-order chi connectivity index (χ1) is 8.25. The summed E-state index contributed by atoms with van der Waals surface area (Å²) in [5.41, 5.74) is -0.101. The first-order valence-corrected chi connectivity index (χ1v) is 5.45. The van der Waals surface area contributed by atoms with Gasteiger partial charge in [-0.15, -0.1) is 0 Å². The highest BCUT2D eigenvalue weighted by Crippen LogP contribution is 2.19. The van der Waals surface area contributed by atoms with E-state index in [0.717, 1.165) is 0 Å². The Hall–Kier alpha value is -2.09. The molecule has 0 saturated carbocycles. The minimum absolute atomic E-state index is 0.0450. The number of carbonyl (C=O) groups is 1. The van der Waals surface area contributed by atoms with E-state index in [9.17, 15) is 9.18 Å². The summed E-state index contributed by atoms with van der Waals surface area (Å²) in [7, 11) is 0. The third-order valence-corrected chi connectivity index (χ3v) is 2.54. The molecule has 1 N–H and O–H groups in total. The van der Waals surface area contributed by atoms with E-state index in [0.29, 0.717) is 5.56 Å². The van der Waals surface area contributed by atoms with Crippen molar-refractivity contribution in [3.05, 3.63) is 35.1 Å². The molecule has 0 atom stereocenters. The van der Waals surface area contributed by atoms with Crippen LogP contribution in [0.5, 0.6) is 0 Å². The van der Waals surface area contributed by atoms with Crippen LogP contribution in [0.1, 0.15) is 31.9 Å². The molecule has 18 heavy (non-hydrogen) atoms. The number of benzene rings is 1. The molecule has 1 aromatic rings. The zero-order valence-corrected chi connectivity index (χ0v) is 10.6. The van der Waals surface area contributed by atoms with Crippen molar-refractivity contribution >= 4 is 6.09 Å². The van der Waals surface area contributed by atoms with Crippen LogP contribution >= 0.6 is 0 Å². The smallest absolute Gasteiger partial charge is 0.408 e. The maximum absolute atomic E-state index is 13.4. The van der Waals surface area contributed by atoms with Crippen molar-refractivity contribution in [3.8, 4) is 6.07 Å². The molecule has 1 amide bonds. The highest BCUT2D eigenvalue weighted by atomic mass is 19.1. The summed E-state index contributed by atoms with van der Waals surface area (Å²) in [6, 6.07) is 5.83. The van der Waals surface area contributed by atoms with Crippen molar-refractivity contribution in [2.45, 2.75) is 32.9 Å². The topological polar surface area (TPSA) is 64.3 Å². The molecule has 1 aromatic carbocycles. The van der Waals surface area contributed by atoms with Gasteiger partial charge in [0.15, 0.2) is 0 Å². The van der Waals surface area contributed by atoms with E-state index in [-0.39, 0.29) is 12.1 Å². The van der Waals surface area contributed by atoms with Crippen molar-refractivity contribution in [3.63, 3.8) is 0 Å². The van der Waals surface area contributed by atoms with Crippen molar-refractivity contribution in [2.24, 2.45) is 0 Å². The second kappa shape index (κ2) is 5.05. The Morgan fingerprint density at radius 2 is 2.11 bits per heavy atom. The number of nitriles is 1. The van der Waals surface area contributed by atoms with Crippen LogP contribution in [0.4, 0.5) is 9.18 Å². The van der Waals surface area contributed by atoms with Crippen LogP contribution in [0.2, 0.25) is 0 Å². The standard InChI is InChI=1S/C13H15FN2O2/c1-13(2,3)16(12(17)18)8-9-4-5-10(7-15)11(14)6-9/h4-6H,8H2,1-3H3,(H,17,18). The lowest BCUT2D eigenvalue weighted by Gasteiger charge is -2.33. The maximum Gasteiger partial charge on any atom is 0.408 e. The van der Waals surface area contributed by atoms with Crippen LogP contribution in [0.3, 0.4) is 0 Å². The Morgan fingerprint density at radius 1 is 1.50 bits per heavy atom. The minimum atomic E-state index is -1.06. The Bertz CT molecular complexity index is 501. The molecule has 0 bridgehead atoms. The van der Waals surface area contributed by atoms with E-state index >= 15 is 0 Å². The number of hydrogen-bond donors (Lipinski definition) is 1. The second-order valence-corrected chi connectivity index (χ2v) is 4.97. The van der Waals surface area contributed by atoms with Gasteiger partial charge in [0.1, 0.15) is 11.9 Å². The Morgan fingerprint density at radius 3 is 2.50 bits per heavy atom. The summed E-state index contributed by atoms with van der Waals surface area (Å²) in [4.78, 5) is 12.4. The molecule has 0 aromatic heterocycles. The lowest BCUT2D eigenvalue weighted by Crippen LogP contribution is -2.44. The van der Waals surface area contributed by atoms with Gasteiger partial charge in [0, 0.05) is 12.1 Å². The van der Waals surface area contributed by atoms with Crippen molar-refractivity contribution < 1.29 is 14.3 Å². The first kappa shape index (κ1) is 14.0. The van der Waals surface area contributed by atoms with Gasteiger partial charge in [0.05, 0.1) is 5.56 Å². The summed E-state index contributed by atoms with van der Waals surface area (Å²) < 4.78 is 13.4. The van der Waals surface area contributed by atoms with Gasteiger partial charge < -0.3 is 5.11 Å². The van der Waals surface area contributed by atoms with Gasteiger partial charge in [-0.3, -0.25) is 4.90 Å². The zero-order chi connectivity index (χ0) is 13.9. The fourth-order valence-electron chi connectivity index (χ4n) is 1.52. The van der Waals surface area contributed by atoms with Gasteiger partial charge >= 0.3 is 6.09 Å². The van der Waals surface area contributed by atoms with Crippen LogP contribution in [0.25, 0.3) is 0 Å². The third kappa shape index (κ3) is 3.20. The normalized spacial score (nSPS) is 10.8. The minimum Gasteiger partial charge on any atom is -0.465 e. The highest BCUT2D eigenvalue weighted by molar-refractivity contribution is 5.66. The third-order valence-electron chi connectivity index (χ3n) is 2.54. The number of halogens is 1. The molecule has 0 radical (unpaired) electrons. The van der Waals surface area contributed by atoms with Gasteiger partial charge in [-0.05, 0) is 38.5 Å². The number of amides is 1. The molecule has 0 saturated heterocycles. The van der Waals surface area contributed by atoms with Crippen molar-refractivity contribution in [1.82, 2.24) is 4.90 Å². The predicted molar refractivity (Wildman–Crippen MR) is 64.4 cm³/mol. The van der Waals surface area contributed by atoms with Gasteiger partial charge in [-0.2, -0.15) is 5.26 Å². The molecule has 0 unspecified atom stereocenters. The lowest BCUT2D eigenvalue weighted by atomic mass is 10.0. The van der Waals surface area contributed by atoms with Crippen LogP contribution < -0.4 is 0 Å². The van der Waals surface area contributed by atoms with E-state index < -0.39 is 17.4 Å². The number of carboxylic acid groups (broad SMARTS) is 1. The van der Waals surface area contributed by atoms with E-state index in [1.807, 2.05) is 0 Å². The molecule has 0 fully saturated rings. The number of hydrogen-bond acceptors (Lipinski definition) is 2. The van der Waals surface area contributed by atoms with Crippen LogP contribution in [-0.2, 0) is 6.54 Å². The summed E-state index contributed by atoms with van der Waals surface area (Å²) >= 11 is 0. The van der Waals surface area contributed by atoms with Crippen molar-refractivity contribution in [2.75, 3.05) is 0 Å². The van der Waals surface area contributed by atoms with E-state index in [2.05, 4.69) is 0 Å². The first-order valence-electron chi connectivity index (χ1n) is 5.45. The second-order valence-electron chi connectivity index (χ2n) is 4.97. The molecule has 0 aliphatic carbocycles. The molecule has 0 aliphatic rings. The molecule has 0 heterocycles. The largest absolute Gasteiger partial charge is 0.465 e. The molecular weight excluding hydrogens is 235 g/mol. The summed E-state index contributed by atoms with van der Waals surface area (Å²) in [5.74, 6) is -0.630. The van der Waals surface area contributed by atoms with E-state index in [1.54, 1.807) is 32.9 Å². The van der Waals surface area contributed by atoms with Gasteiger partial charge in [-0.25, -0.2) is 9.18 Å². The Kier molecular flexibility index (Phi) is 3.92. The SMILES string of the molecule is CC(C)(C)N(Cc1ccc(C#N)c(F)c1)C(=O)O. The maximum atomic E-state index is 13.4. The zero-order valence-electron chi connectivity index (χ0n) is 10.6. The Labute approximate surface area is 105 Å². The van der Waals surface area contributed by atoms with Crippen LogP contribution in [0.15, 0.2) is 18.2 Å². The predicted octanol–water partition coefficient (Wildman–Crippen LogP) is 2.98. The summed E-state index contributed by atoms with van der Waals surface area (Å²) in [6.07, 6.45) is -1.06. The molecule has 0 spiro atoms. The van der Waals surface area contributed by atoms with Gasteiger partial charge in [-0.1, -0.05) is 6.07 Å². The van der Waals surface area contributed by atoms with Gasteiger partial charge in [0.25, 0.3) is 0 Å². The Balaban J connectivity index is 3.00. The molecule has 1 rings (SSSR count). The average Bonchev–Trinajstić information content (AvgIpc) is 2.24. The summed E-state index contributed by atoms with van der Waals surface area (Å²) in [5, 5.41) is 17.7. The van der Waals surface area contributed by atoms with E-state index in [4.69, 9.17) is 10.4 Å². The van der Waals surface area contributed by atoms with Crippen LogP contribution in [-0.4, -0.2) is 21.6 Å². The van der Waals surface area contributed by atoms with Crippen LogP contribution in [0, 0.1) is 17.1 Å². The quantitative estimate of drug-likeness (QED) is 0.877. The molecule has 96 valence electrons. The monoisotopic (exact) mass is 250 g/mol. The highest BCUT2D eigenvalue weighted by Gasteiger charge is 2.26. The lowest BCUT2D eigenvalue weighted by molar-refractivity contribution is 0.0955. The fraction of sp³-hybridized carbons (Fsp3) is 0.385. The number of nitrogens with zero attached hydrogens (tertiary/aromatic N) is 2. The van der Waals surface area contributed by atoms with Crippen molar-refractivity contribution in [1.29, 1.82) is 5.26 Å². The number of rotatable bonds is 2. The molecular formula is C13H15FN2O2. The van der Waals surface area contributed by atoms with Gasteiger partial charge in [0.2, 0.25) is 0 Å². The molecule has 5 heteroatoms. The molecule has 4 nitrogen and oxygen atoms in total. The summed E-state index contributed by atoms with van der Waals surface area (Å²) in [6.45, 7) is 5.38.